The predicted octanol–water partition coefficient (Wildman–Crippen LogP) is 5.19. The Balaban J connectivity index is 1.65. The molecule has 38 heavy (non-hydrogen) atoms. The Hall–Kier alpha value is -3.26. The highest BCUT2D eigenvalue weighted by Gasteiger charge is 2.41. The maximum absolute atomic E-state index is 12.9. The summed E-state index contributed by atoms with van der Waals surface area (Å²) in [5.74, 6) is 0.870. The highest BCUT2D eigenvalue weighted by atomic mass is 16.7. The van der Waals surface area contributed by atoms with Gasteiger partial charge in [-0.1, -0.05) is 23.8 Å². The van der Waals surface area contributed by atoms with Gasteiger partial charge in [0.05, 0.1) is 7.11 Å². The minimum absolute atomic E-state index is 0.108. The van der Waals surface area contributed by atoms with Gasteiger partial charge in [0.2, 0.25) is 6.79 Å². The average molecular weight is 525 g/mol. The van der Waals surface area contributed by atoms with Crippen molar-refractivity contribution in [2.24, 2.45) is 0 Å². The number of nitrogens with zero attached hydrogens (tertiary/aromatic N) is 1. The van der Waals surface area contributed by atoms with Gasteiger partial charge in [0.1, 0.15) is 5.60 Å². The summed E-state index contributed by atoms with van der Waals surface area (Å²) in [6, 6.07) is 10.6. The van der Waals surface area contributed by atoms with E-state index in [9.17, 15) is 9.59 Å². The first kappa shape index (κ1) is 27.8. The van der Waals surface area contributed by atoms with Crippen molar-refractivity contribution in [3.8, 4) is 11.5 Å². The van der Waals surface area contributed by atoms with Crippen LogP contribution in [0.15, 0.2) is 30.3 Å². The van der Waals surface area contributed by atoms with Gasteiger partial charge in [0.25, 0.3) is 0 Å². The predicted molar refractivity (Wildman–Crippen MR) is 145 cm³/mol. The Kier molecular flexibility index (Phi) is 8.21. The Morgan fingerprint density at radius 2 is 1.84 bits per heavy atom. The van der Waals surface area contributed by atoms with Gasteiger partial charge in [-0.25, -0.2) is 4.79 Å². The molecule has 2 heterocycles. The highest BCUT2D eigenvalue weighted by molar-refractivity contribution is 5.68. The van der Waals surface area contributed by atoms with E-state index in [1.54, 1.807) is 7.11 Å². The molecule has 1 saturated heterocycles. The van der Waals surface area contributed by atoms with E-state index in [0.717, 1.165) is 25.9 Å². The number of nitrogens with one attached hydrogen (secondary N) is 1. The van der Waals surface area contributed by atoms with E-state index >= 15 is 0 Å². The molecule has 1 fully saturated rings. The van der Waals surface area contributed by atoms with Gasteiger partial charge < -0.3 is 24.3 Å². The van der Waals surface area contributed by atoms with Crippen molar-refractivity contribution in [3.63, 3.8) is 0 Å². The number of alkyl carbamates (subject to hydrolysis) is 1. The highest BCUT2D eigenvalue weighted by Crippen LogP contribution is 2.45. The second kappa shape index (κ2) is 11.2. The number of piperidine rings is 1. The van der Waals surface area contributed by atoms with Crippen LogP contribution < -0.4 is 14.8 Å². The van der Waals surface area contributed by atoms with Crippen LogP contribution >= 0.6 is 0 Å². The van der Waals surface area contributed by atoms with Crippen molar-refractivity contribution in [2.75, 3.05) is 27.0 Å². The summed E-state index contributed by atoms with van der Waals surface area (Å²) in [4.78, 5) is 26.6. The van der Waals surface area contributed by atoms with Crippen LogP contribution in [0, 0.1) is 13.8 Å². The zero-order chi connectivity index (χ0) is 27.6. The van der Waals surface area contributed by atoms with Crippen LogP contribution in [0.2, 0.25) is 0 Å². The number of carbonyl (C=O) groups is 2. The molecule has 0 saturated carbocycles. The summed E-state index contributed by atoms with van der Waals surface area (Å²) >= 11 is 0. The second-order valence-electron chi connectivity index (χ2n) is 11.3. The molecule has 2 aliphatic rings. The fourth-order valence-electron chi connectivity index (χ4n) is 5.58. The van der Waals surface area contributed by atoms with Gasteiger partial charge in [0.15, 0.2) is 11.5 Å². The monoisotopic (exact) mass is 524 g/mol. The SMILES string of the molecule is COc1cc2c(cc1OCOC(C)=O)CCN1C[C@@H](c3cc(C)ccc3C)[C@H](NC(=O)OC(C)(C)C)C[C@H]21. The first-order chi connectivity index (χ1) is 17.9. The average Bonchev–Trinajstić information content (AvgIpc) is 2.83. The number of amides is 1. The standard InChI is InChI=1S/C30H40N2O6/c1-18-8-9-19(2)22(12-18)24-16-32-11-10-21-13-28(37-17-36-20(3)33)27(35-7)14-23(21)26(32)15-25(24)31-29(34)38-30(4,5)6/h8-9,12-14,24-26H,10-11,15-17H2,1-7H3,(H,31,34)/t24-,25+,26+/m0/s1. The van der Waals surface area contributed by atoms with Gasteiger partial charge in [-0.3, -0.25) is 9.69 Å². The Bertz CT molecular complexity index is 1190. The maximum atomic E-state index is 12.9. The van der Waals surface area contributed by atoms with Crippen LogP contribution in [-0.4, -0.2) is 55.6 Å². The van der Waals surface area contributed by atoms with Crippen LogP contribution in [-0.2, 0) is 20.7 Å². The number of hydrogen-bond donors (Lipinski definition) is 1. The van der Waals surface area contributed by atoms with E-state index in [1.807, 2.05) is 32.9 Å². The molecule has 0 unspecified atom stereocenters. The number of carbonyl (C=O) groups excluding carboxylic acids is 2. The van der Waals surface area contributed by atoms with Gasteiger partial charge >= 0.3 is 12.1 Å². The van der Waals surface area contributed by atoms with Crippen molar-refractivity contribution < 1.29 is 28.5 Å². The second-order valence-corrected chi connectivity index (χ2v) is 11.3. The Morgan fingerprint density at radius 1 is 1.08 bits per heavy atom. The van der Waals surface area contributed by atoms with Gasteiger partial charge in [-0.2, -0.15) is 0 Å². The van der Waals surface area contributed by atoms with Gasteiger partial charge in [-0.05, 0) is 81.8 Å². The minimum atomic E-state index is -0.577. The molecule has 1 amide bonds. The molecule has 206 valence electrons. The Morgan fingerprint density at radius 3 is 2.53 bits per heavy atom. The number of benzene rings is 2. The third kappa shape index (κ3) is 6.41. The molecular formula is C30H40N2O6. The number of rotatable bonds is 6. The molecule has 0 spiro atoms. The van der Waals surface area contributed by atoms with Crippen LogP contribution in [0.25, 0.3) is 0 Å². The van der Waals surface area contributed by atoms with Crippen molar-refractivity contribution in [1.29, 1.82) is 0 Å². The van der Waals surface area contributed by atoms with Crippen molar-refractivity contribution in [1.82, 2.24) is 10.2 Å². The maximum Gasteiger partial charge on any atom is 0.407 e. The van der Waals surface area contributed by atoms with Crippen molar-refractivity contribution >= 4 is 12.1 Å². The normalized spacial score (nSPS) is 21.1. The molecule has 0 bridgehead atoms. The van der Waals surface area contributed by atoms with Gasteiger partial charge in [0, 0.05) is 38.0 Å². The summed E-state index contributed by atoms with van der Waals surface area (Å²) in [5, 5.41) is 3.22. The number of methoxy groups -OCH3 is 1. The topological polar surface area (TPSA) is 86.3 Å². The largest absolute Gasteiger partial charge is 0.493 e. The van der Waals surface area contributed by atoms with E-state index in [-0.39, 0.29) is 24.8 Å². The quantitative estimate of drug-likeness (QED) is 0.411. The molecule has 2 aromatic rings. The molecule has 2 aromatic carbocycles. The molecule has 8 heteroatoms. The molecule has 1 N–H and O–H groups in total. The first-order valence-corrected chi connectivity index (χ1v) is 13.2. The lowest BCUT2D eigenvalue weighted by molar-refractivity contribution is -0.147. The Labute approximate surface area is 225 Å². The van der Waals surface area contributed by atoms with E-state index in [0.29, 0.717) is 11.5 Å². The molecular weight excluding hydrogens is 484 g/mol. The summed E-state index contributed by atoms with van der Waals surface area (Å²) in [6.07, 6.45) is 1.21. The van der Waals surface area contributed by atoms with Gasteiger partial charge in [-0.15, -0.1) is 0 Å². The fourth-order valence-corrected chi connectivity index (χ4v) is 5.58. The third-order valence-electron chi connectivity index (χ3n) is 7.30. The summed E-state index contributed by atoms with van der Waals surface area (Å²) in [5.41, 5.74) is 5.46. The van der Waals surface area contributed by atoms with Crippen LogP contribution in [0.1, 0.15) is 73.9 Å². The lowest BCUT2D eigenvalue weighted by atomic mass is 9.76. The van der Waals surface area contributed by atoms with E-state index in [1.165, 1.54) is 34.7 Å². The minimum Gasteiger partial charge on any atom is -0.493 e. The number of aryl methyl sites for hydroxylation is 2. The molecule has 0 radical (unpaired) electrons. The zero-order valence-electron chi connectivity index (χ0n) is 23.6. The lowest BCUT2D eigenvalue weighted by Gasteiger charge is -2.48. The third-order valence-corrected chi connectivity index (χ3v) is 7.30. The number of esters is 1. The van der Waals surface area contributed by atoms with Crippen LogP contribution in [0.4, 0.5) is 4.79 Å². The molecule has 2 aliphatic heterocycles. The molecule has 3 atom stereocenters. The molecule has 8 nitrogen and oxygen atoms in total. The zero-order valence-corrected chi connectivity index (χ0v) is 23.6. The first-order valence-electron chi connectivity index (χ1n) is 13.2. The molecule has 4 rings (SSSR count). The van der Waals surface area contributed by atoms with Crippen LogP contribution in [0.3, 0.4) is 0 Å². The summed E-state index contributed by atoms with van der Waals surface area (Å²) in [6.45, 7) is 12.8. The van der Waals surface area contributed by atoms with Crippen molar-refractivity contribution in [3.05, 3.63) is 58.1 Å². The molecule has 0 aromatic heterocycles. The van der Waals surface area contributed by atoms with Crippen molar-refractivity contribution in [2.45, 2.75) is 78.0 Å². The summed E-state index contributed by atoms with van der Waals surface area (Å²) < 4.78 is 22.0. The van der Waals surface area contributed by atoms with E-state index in [4.69, 9.17) is 18.9 Å². The smallest absolute Gasteiger partial charge is 0.407 e. The number of hydrogen-bond acceptors (Lipinski definition) is 7. The fraction of sp³-hybridized carbons (Fsp3) is 0.533. The van der Waals surface area contributed by atoms with E-state index in [2.05, 4.69) is 42.3 Å². The van der Waals surface area contributed by atoms with E-state index < -0.39 is 17.7 Å². The number of ether oxygens (including phenoxy) is 4. The summed E-state index contributed by atoms with van der Waals surface area (Å²) in [7, 11) is 1.60. The van der Waals surface area contributed by atoms with Crippen LogP contribution in [0.5, 0.6) is 11.5 Å². The molecule has 0 aliphatic carbocycles. The number of fused-ring (bicyclic) bond motifs is 3. The lowest BCUT2D eigenvalue weighted by Crippen LogP contribution is -2.53.